The number of nitrogens with zero attached hydrogens (tertiary/aromatic N) is 2. The van der Waals surface area contributed by atoms with Crippen molar-refractivity contribution in [2.45, 2.75) is 182 Å². The third kappa shape index (κ3) is 7.31. The molecule has 12 rings (SSSR count). The van der Waals surface area contributed by atoms with E-state index in [1.54, 1.807) is 0 Å². The third-order valence-corrected chi connectivity index (χ3v) is 19.6. The van der Waals surface area contributed by atoms with Crippen LogP contribution in [0.25, 0.3) is 33.4 Å². The lowest BCUT2D eigenvalue weighted by atomic mass is 9.42. The highest BCUT2D eigenvalue weighted by atomic mass is 15.2. The number of anilines is 5. The van der Waals surface area contributed by atoms with Crippen molar-refractivity contribution in [3.05, 3.63) is 171 Å². The van der Waals surface area contributed by atoms with Crippen LogP contribution in [0.2, 0.25) is 0 Å². The quantitative estimate of drug-likeness (QED) is 0.162. The smallest absolute Gasteiger partial charge is 0.333 e. The van der Waals surface area contributed by atoms with Crippen molar-refractivity contribution in [3.63, 3.8) is 0 Å². The number of hydrogen-bond donors (Lipinski definition) is 0. The normalized spacial score (nSPS) is 19.8. The fourth-order valence-corrected chi connectivity index (χ4v) is 14.8. The van der Waals surface area contributed by atoms with Gasteiger partial charge < -0.3 is 9.71 Å². The highest BCUT2D eigenvalue weighted by molar-refractivity contribution is 6.93. The molecule has 0 saturated heterocycles. The van der Waals surface area contributed by atoms with Crippen LogP contribution in [0, 0.1) is 27.7 Å². The minimum absolute atomic E-state index is 0.0233. The second kappa shape index (κ2) is 15.9. The molecule has 0 atom stereocenters. The zero-order chi connectivity index (χ0) is 51.7. The van der Waals surface area contributed by atoms with Crippen LogP contribution < -0.4 is 20.6 Å². The molecule has 0 spiro atoms. The Labute approximate surface area is 439 Å². The minimum atomic E-state index is -0.0854. The van der Waals surface area contributed by atoms with Crippen LogP contribution in [0.15, 0.2) is 115 Å². The van der Waals surface area contributed by atoms with Gasteiger partial charge in [0, 0.05) is 34.0 Å². The van der Waals surface area contributed by atoms with E-state index in [4.69, 9.17) is 0 Å². The molecule has 7 aromatic rings. The van der Waals surface area contributed by atoms with Gasteiger partial charge in [-0.15, -0.1) is 0 Å². The summed E-state index contributed by atoms with van der Waals surface area (Å²) >= 11 is 0. The first kappa shape index (κ1) is 48.2. The number of fused-ring (bicyclic) bond motifs is 7. The molecule has 0 bridgehead atoms. The summed E-state index contributed by atoms with van der Waals surface area (Å²) < 4.78 is 0. The van der Waals surface area contributed by atoms with Crippen LogP contribution in [0.5, 0.6) is 0 Å². The summed E-state index contributed by atoms with van der Waals surface area (Å²) in [5.74, 6) is 0. The van der Waals surface area contributed by atoms with E-state index in [-0.39, 0.29) is 39.3 Å². The van der Waals surface area contributed by atoms with Crippen LogP contribution >= 0.6 is 0 Å². The van der Waals surface area contributed by atoms with Crippen molar-refractivity contribution in [2.75, 3.05) is 9.71 Å². The van der Waals surface area contributed by atoms with Gasteiger partial charge in [0.1, 0.15) is 0 Å². The summed E-state index contributed by atoms with van der Waals surface area (Å²) in [4.78, 5) is 5.58. The summed E-state index contributed by atoms with van der Waals surface area (Å²) in [7, 11) is 0. The van der Waals surface area contributed by atoms with Crippen molar-refractivity contribution in [1.29, 1.82) is 0 Å². The van der Waals surface area contributed by atoms with E-state index in [0.29, 0.717) is 0 Å². The van der Waals surface area contributed by atoms with Crippen LogP contribution in [0.4, 0.5) is 28.4 Å². The molecular weight excluding hydrogens is 880 g/mol. The Morgan fingerprint density at radius 2 is 0.822 bits per heavy atom. The molecule has 7 aromatic carbocycles. The highest BCUT2D eigenvalue weighted by Gasteiger charge is 2.50. The molecule has 5 aliphatic rings. The number of aryl methyl sites for hydroxylation is 4. The van der Waals surface area contributed by atoms with Crippen molar-refractivity contribution >= 4 is 46.2 Å². The van der Waals surface area contributed by atoms with E-state index in [1.165, 1.54) is 160 Å². The summed E-state index contributed by atoms with van der Waals surface area (Å²) in [5, 5.41) is 0. The van der Waals surface area contributed by atoms with Gasteiger partial charge in [-0.25, -0.2) is 0 Å². The van der Waals surface area contributed by atoms with Gasteiger partial charge in [0.25, 0.3) is 0 Å². The average molecular weight is 959 g/mol. The lowest BCUT2D eigenvalue weighted by Crippen LogP contribution is -2.62. The largest absolute Gasteiger partial charge is 0.376 e. The fourth-order valence-electron chi connectivity index (χ4n) is 14.8. The molecule has 372 valence electrons. The molecule has 0 N–H and O–H groups in total. The second-order valence-corrected chi connectivity index (χ2v) is 27.6. The van der Waals surface area contributed by atoms with E-state index < -0.39 is 0 Å². The van der Waals surface area contributed by atoms with E-state index in [1.807, 2.05) is 0 Å². The minimum Gasteiger partial charge on any atom is -0.376 e. The van der Waals surface area contributed by atoms with Gasteiger partial charge in [-0.2, -0.15) is 0 Å². The Bertz CT molecular complexity index is 3430. The fraction of sp³-hybridized carbons (Fsp3) is 0.400. The van der Waals surface area contributed by atoms with Crippen molar-refractivity contribution in [3.8, 4) is 33.4 Å². The standard InChI is InChI=1S/C70H79BN2/c1-42-32-44(3)63(45(4)33-42)48-35-51-50-37-53-56(69(13,14)30-27-66(53,7)8)40-60(50)73(49-24-22-47(23-25-49)46-20-18-17-19-21-46)71-58-38-54-57(70(15,16)31-28-67(54,9)10)41-61(58)72(62(36-48)64(51)71)59-39-55-52(34-43(59)2)65(5,6)26-29-68(55,11)12/h17-25,32-41H,26-31H2,1-16H3. The molecule has 3 heteroatoms. The zero-order valence-electron chi connectivity index (χ0n) is 47.2. The molecular formula is C70H79BN2. The molecule has 2 nitrogen and oxygen atoms in total. The van der Waals surface area contributed by atoms with Gasteiger partial charge >= 0.3 is 6.85 Å². The molecule has 0 aromatic heterocycles. The Balaban J connectivity index is 1.26. The molecule has 2 aliphatic heterocycles. The Hall–Kier alpha value is -5.80. The van der Waals surface area contributed by atoms with Gasteiger partial charge in [0.15, 0.2) is 0 Å². The number of rotatable bonds is 4. The van der Waals surface area contributed by atoms with E-state index in [0.717, 1.165) is 6.42 Å². The molecule has 0 amide bonds. The molecule has 3 aliphatic carbocycles. The van der Waals surface area contributed by atoms with Crippen LogP contribution in [-0.4, -0.2) is 6.85 Å². The van der Waals surface area contributed by atoms with Crippen LogP contribution in [0.3, 0.4) is 0 Å². The van der Waals surface area contributed by atoms with E-state index in [9.17, 15) is 0 Å². The average Bonchev–Trinajstić information content (AvgIpc) is 3.33. The SMILES string of the molecule is Cc1cc(C)c(-c2cc3c4c(c2)N(c2cc5c(cc2C)C(C)(C)CCC5(C)C)c2cc5c(cc2B4N(c2ccc(-c4ccccc4)cc2)c2cc4c(cc2-3)C(C)(C)CCC4(C)C)C(C)(C)CCC5(C)C)c(C)c1. The lowest BCUT2D eigenvalue weighted by Gasteiger charge is -2.50. The molecule has 0 saturated carbocycles. The maximum Gasteiger partial charge on any atom is 0.333 e. The first-order valence-corrected chi connectivity index (χ1v) is 27.8. The first-order chi connectivity index (χ1) is 34.3. The van der Waals surface area contributed by atoms with E-state index >= 15 is 0 Å². The van der Waals surface area contributed by atoms with Crippen molar-refractivity contribution in [1.82, 2.24) is 0 Å². The van der Waals surface area contributed by atoms with Gasteiger partial charge in [-0.05, 0) is 236 Å². The molecule has 73 heavy (non-hydrogen) atoms. The summed E-state index contributed by atoms with van der Waals surface area (Å²) in [5.41, 5.74) is 31.8. The highest BCUT2D eigenvalue weighted by Crippen LogP contribution is 2.57. The van der Waals surface area contributed by atoms with Gasteiger partial charge in [-0.3, -0.25) is 0 Å². The second-order valence-electron chi connectivity index (χ2n) is 27.6. The predicted octanol–water partition coefficient (Wildman–Crippen LogP) is 18.0. The first-order valence-electron chi connectivity index (χ1n) is 27.8. The summed E-state index contributed by atoms with van der Waals surface area (Å²) in [6, 6.07) is 46.5. The van der Waals surface area contributed by atoms with Gasteiger partial charge in [-0.1, -0.05) is 155 Å². The predicted molar refractivity (Wildman–Crippen MR) is 316 cm³/mol. The molecule has 0 radical (unpaired) electrons. The summed E-state index contributed by atoms with van der Waals surface area (Å²) in [6.45, 7) is 39.2. The number of hydrogen-bond acceptors (Lipinski definition) is 2. The van der Waals surface area contributed by atoms with Crippen LogP contribution in [0.1, 0.15) is 177 Å². The monoisotopic (exact) mass is 959 g/mol. The van der Waals surface area contributed by atoms with Crippen LogP contribution in [-0.2, 0) is 32.5 Å². The third-order valence-electron chi connectivity index (χ3n) is 19.6. The topological polar surface area (TPSA) is 6.48 Å². The van der Waals surface area contributed by atoms with Crippen molar-refractivity contribution < 1.29 is 0 Å². The lowest BCUT2D eigenvalue weighted by molar-refractivity contribution is 0.331. The molecule has 0 unspecified atom stereocenters. The van der Waals surface area contributed by atoms with E-state index in [2.05, 4.69) is 236 Å². The zero-order valence-corrected chi connectivity index (χ0v) is 47.2. The van der Waals surface area contributed by atoms with Crippen molar-refractivity contribution in [2.24, 2.45) is 0 Å². The van der Waals surface area contributed by atoms with Gasteiger partial charge in [0.05, 0.1) is 0 Å². The summed E-state index contributed by atoms with van der Waals surface area (Å²) in [6.07, 6.45) is 7.04. The molecule has 0 fully saturated rings. The maximum absolute atomic E-state index is 2.80. The Kier molecular flexibility index (Phi) is 10.5. The Morgan fingerprint density at radius 1 is 0.370 bits per heavy atom. The molecule has 2 heterocycles. The Morgan fingerprint density at radius 3 is 1.36 bits per heavy atom. The van der Waals surface area contributed by atoms with Gasteiger partial charge in [0.2, 0.25) is 0 Å². The maximum atomic E-state index is 2.80. The number of benzene rings is 7.